The van der Waals surface area contributed by atoms with E-state index in [0.717, 1.165) is 16.5 Å². The van der Waals surface area contributed by atoms with Gasteiger partial charge in [-0.3, -0.25) is 20.2 Å². The van der Waals surface area contributed by atoms with Crippen molar-refractivity contribution in [3.63, 3.8) is 0 Å². The quantitative estimate of drug-likeness (QED) is 0.529. The second kappa shape index (κ2) is 3.77. The van der Waals surface area contributed by atoms with E-state index < -0.39 is 15.5 Å². The van der Waals surface area contributed by atoms with Crippen molar-refractivity contribution in [3.05, 3.63) is 67.1 Å². The number of ether oxygens (including phenoxy) is 1. The Balaban J connectivity index is 1.99. The van der Waals surface area contributed by atoms with E-state index in [4.69, 9.17) is 4.74 Å². The van der Waals surface area contributed by atoms with Gasteiger partial charge in [0, 0.05) is 11.3 Å². The summed E-state index contributed by atoms with van der Waals surface area (Å²) in [5.74, 6) is 0.531. The Morgan fingerprint density at radius 1 is 0.895 bits per heavy atom. The molecule has 2 aliphatic rings. The molecule has 0 heterocycles. The molecule has 94 valence electrons. The summed E-state index contributed by atoms with van der Waals surface area (Å²) in [6, 6.07) is 8.78. The Bertz CT molecular complexity index is 815. The van der Waals surface area contributed by atoms with Crippen molar-refractivity contribution in [3.8, 4) is 11.5 Å². The lowest BCUT2D eigenvalue weighted by molar-refractivity contribution is -0.394. The predicted molar refractivity (Wildman–Crippen MR) is 63.9 cm³/mol. The van der Waals surface area contributed by atoms with Gasteiger partial charge in [0.2, 0.25) is 5.75 Å². The summed E-state index contributed by atoms with van der Waals surface area (Å²) < 4.78 is 5.40. The molecule has 0 aromatic heterocycles. The van der Waals surface area contributed by atoms with E-state index in [9.17, 15) is 20.2 Å². The first-order valence-electron chi connectivity index (χ1n) is 5.31. The smallest absolute Gasteiger partial charge is 0.318 e. The van der Waals surface area contributed by atoms with Crippen LogP contribution in [-0.4, -0.2) is 9.85 Å². The Labute approximate surface area is 105 Å². The Hall–Kier alpha value is -2.96. The van der Waals surface area contributed by atoms with Crippen LogP contribution in [0.25, 0.3) is 0 Å². The van der Waals surface area contributed by atoms with E-state index in [0.29, 0.717) is 5.75 Å². The highest BCUT2D eigenvalue weighted by molar-refractivity contribution is 5.55. The van der Waals surface area contributed by atoms with Crippen molar-refractivity contribution in [1.29, 1.82) is 0 Å². The van der Waals surface area contributed by atoms with Crippen molar-refractivity contribution in [2.75, 3.05) is 0 Å². The minimum atomic E-state index is -0.701. The third-order valence-corrected chi connectivity index (χ3v) is 2.86. The lowest BCUT2D eigenvalue weighted by atomic mass is 10.1. The monoisotopic (exact) mass is 258 g/mol. The van der Waals surface area contributed by atoms with Crippen LogP contribution in [0.15, 0.2) is 36.4 Å². The highest BCUT2D eigenvalue weighted by Gasteiger charge is 2.22. The molecule has 0 unspecified atom stereocenters. The van der Waals surface area contributed by atoms with Crippen molar-refractivity contribution >= 4 is 11.4 Å². The molecule has 0 saturated carbocycles. The van der Waals surface area contributed by atoms with Gasteiger partial charge in [0.05, 0.1) is 15.9 Å². The molecular weight excluding hydrogens is 252 g/mol. The standard InChI is InChI=1S/C12H6N2O5/c15-13(16)8-2-4-11(10(6-8)14(17)18)19-12-5-7-1-3-9(7)12/h1-6H. The summed E-state index contributed by atoms with van der Waals surface area (Å²) in [5.41, 5.74) is -0.766. The van der Waals surface area contributed by atoms with Gasteiger partial charge >= 0.3 is 5.69 Å². The fourth-order valence-electron chi connectivity index (χ4n) is 1.81. The summed E-state index contributed by atoms with van der Waals surface area (Å²) in [5, 5.41) is 23.4. The number of hydrogen-bond donors (Lipinski definition) is 0. The average Bonchev–Trinajstić information content (AvgIpc) is 2.34. The molecule has 0 atom stereocenters. The largest absolute Gasteiger partial charge is 0.449 e. The van der Waals surface area contributed by atoms with Gasteiger partial charge < -0.3 is 4.74 Å². The van der Waals surface area contributed by atoms with Gasteiger partial charge in [-0.2, -0.15) is 0 Å². The fourth-order valence-corrected chi connectivity index (χ4v) is 1.81. The molecule has 1 aromatic rings. The number of rotatable bonds is 4. The van der Waals surface area contributed by atoms with E-state index in [1.54, 1.807) is 6.07 Å². The maximum Gasteiger partial charge on any atom is 0.318 e. The van der Waals surface area contributed by atoms with Gasteiger partial charge in [0.1, 0.15) is 5.75 Å². The number of non-ortho nitro benzene ring substituents is 1. The van der Waals surface area contributed by atoms with E-state index in [2.05, 4.69) is 0 Å². The maximum atomic E-state index is 10.9. The highest BCUT2D eigenvalue weighted by Crippen LogP contribution is 2.36. The van der Waals surface area contributed by atoms with Crippen LogP contribution < -0.4 is 4.74 Å². The van der Waals surface area contributed by atoms with E-state index >= 15 is 0 Å². The molecule has 0 radical (unpaired) electrons. The lowest BCUT2D eigenvalue weighted by Gasteiger charge is -2.12. The molecule has 0 spiro atoms. The van der Waals surface area contributed by atoms with Gasteiger partial charge in [0.25, 0.3) is 5.69 Å². The minimum absolute atomic E-state index is 0.00583. The third-order valence-electron chi connectivity index (χ3n) is 2.86. The lowest BCUT2D eigenvalue weighted by Crippen LogP contribution is -1.98. The summed E-state index contributed by atoms with van der Waals surface area (Å²) >= 11 is 0. The van der Waals surface area contributed by atoms with Crippen LogP contribution in [0, 0.1) is 30.7 Å². The van der Waals surface area contributed by atoms with Crippen LogP contribution in [0.3, 0.4) is 0 Å². The molecule has 7 heteroatoms. The zero-order valence-corrected chi connectivity index (χ0v) is 9.40. The topological polar surface area (TPSA) is 95.5 Å². The molecule has 3 rings (SSSR count). The molecule has 0 fully saturated rings. The van der Waals surface area contributed by atoms with Crippen molar-refractivity contribution in [2.24, 2.45) is 0 Å². The highest BCUT2D eigenvalue weighted by atomic mass is 16.6. The van der Waals surface area contributed by atoms with Crippen LogP contribution in [0.4, 0.5) is 11.4 Å². The van der Waals surface area contributed by atoms with Crippen LogP contribution in [0.5, 0.6) is 11.5 Å². The van der Waals surface area contributed by atoms with E-state index in [-0.39, 0.29) is 11.4 Å². The Kier molecular flexibility index (Phi) is 2.21. The summed E-state index contributed by atoms with van der Waals surface area (Å²) in [6.45, 7) is 0. The van der Waals surface area contributed by atoms with E-state index in [1.165, 1.54) is 12.1 Å². The summed E-state index contributed by atoms with van der Waals surface area (Å²) in [7, 11) is 0. The number of nitro groups is 2. The molecule has 0 saturated heterocycles. The number of hydrogen-bond acceptors (Lipinski definition) is 5. The number of nitrogens with zero attached hydrogens (tertiary/aromatic N) is 2. The molecule has 1 aromatic carbocycles. The van der Waals surface area contributed by atoms with Gasteiger partial charge in [0.15, 0.2) is 0 Å². The minimum Gasteiger partial charge on any atom is -0.449 e. The molecule has 0 bridgehead atoms. The predicted octanol–water partition coefficient (Wildman–Crippen LogP) is 2.90. The zero-order chi connectivity index (χ0) is 13.6. The van der Waals surface area contributed by atoms with Gasteiger partial charge in [-0.25, -0.2) is 0 Å². The van der Waals surface area contributed by atoms with Crippen molar-refractivity contribution < 1.29 is 14.6 Å². The number of nitro benzene ring substituents is 2. The molecular formula is C12H6N2O5. The first-order chi connectivity index (χ1) is 9.06. The zero-order valence-electron chi connectivity index (χ0n) is 9.40. The van der Waals surface area contributed by atoms with Crippen LogP contribution in [0.1, 0.15) is 0 Å². The van der Waals surface area contributed by atoms with E-state index in [1.807, 2.05) is 12.1 Å². The number of benzene rings is 2. The maximum absolute atomic E-state index is 10.9. The summed E-state index contributed by atoms with van der Waals surface area (Å²) in [6.07, 6.45) is 0. The third kappa shape index (κ3) is 1.68. The van der Waals surface area contributed by atoms with Crippen molar-refractivity contribution in [2.45, 2.75) is 0 Å². The van der Waals surface area contributed by atoms with Crippen LogP contribution in [-0.2, 0) is 0 Å². The Morgan fingerprint density at radius 3 is 2.16 bits per heavy atom. The SMILES string of the molecule is O=[N+]([O-])c1ccc(Oc2cc3ccc2=3)c([N+](=O)[O-])c1. The summed E-state index contributed by atoms with van der Waals surface area (Å²) in [4.78, 5) is 20.1. The molecule has 19 heavy (non-hydrogen) atoms. The molecule has 0 N–H and O–H groups in total. The fraction of sp³-hybridized carbons (Fsp3) is 0. The Morgan fingerprint density at radius 2 is 1.68 bits per heavy atom. The molecule has 7 nitrogen and oxygen atoms in total. The second-order valence-corrected chi connectivity index (χ2v) is 3.98. The average molecular weight is 258 g/mol. The van der Waals surface area contributed by atoms with Gasteiger partial charge in [-0.15, -0.1) is 0 Å². The van der Waals surface area contributed by atoms with Crippen molar-refractivity contribution in [1.82, 2.24) is 0 Å². The van der Waals surface area contributed by atoms with Crippen LogP contribution in [0.2, 0.25) is 0 Å². The van der Waals surface area contributed by atoms with Gasteiger partial charge in [-0.1, -0.05) is 12.1 Å². The van der Waals surface area contributed by atoms with Crippen LogP contribution >= 0.6 is 0 Å². The first-order valence-corrected chi connectivity index (χ1v) is 5.31. The normalized spacial score (nSPS) is 10.9. The molecule has 0 aliphatic heterocycles. The second-order valence-electron chi connectivity index (χ2n) is 3.98. The first kappa shape index (κ1) is 11.1. The molecule has 2 aliphatic carbocycles. The molecule has 0 amide bonds. The van der Waals surface area contributed by atoms with Gasteiger partial charge in [-0.05, 0) is 17.4 Å².